The minimum absolute atomic E-state index is 0.0430. The first-order chi connectivity index (χ1) is 15.2. The Morgan fingerprint density at radius 3 is 2.74 bits per heavy atom. The van der Waals surface area contributed by atoms with E-state index >= 15 is 0 Å². The number of carbonyl (C=O) groups is 1. The zero-order chi connectivity index (χ0) is 21.2. The SMILES string of the molecule is CC(=O)Nc1ccc(CN2CCC[C@@H]2Cc2c[nH]c3ccc(-n4cnnc4)cc23)cc1. The maximum Gasteiger partial charge on any atom is 0.221 e. The first kappa shape index (κ1) is 19.5. The molecule has 0 radical (unpaired) electrons. The molecule has 1 amide bonds. The number of hydrogen-bond donors (Lipinski definition) is 2. The average molecular weight is 415 g/mol. The first-order valence-corrected chi connectivity index (χ1v) is 10.7. The fourth-order valence-electron chi connectivity index (χ4n) is 4.55. The molecule has 3 heterocycles. The summed E-state index contributed by atoms with van der Waals surface area (Å²) in [7, 11) is 0. The van der Waals surface area contributed by atoms with Crippen LogP contribution in [0, 0.1) is 0 Å². The van der Waals surface area contributed by atoms with Crippen LogP contribution >= 0.6 is 0 Å². The van der Waals surface area contributed by atoms with Gasteiger partial charge in [0, 0.05) is 48.0 Å². The molecule has 1 atom stereocenters. The summed E-state index contributed by atoms with van der Waals surface area (Å²) in [5.41, 5.74) is 5.69. The van der Waals surface area contributed by atoms with Gasteiger partial charge in [-0.25, -0.2) is 0 Å². The third-order valence-corrected chi connectivity index (χ3v) is 6.08. The van der Waals surface area contributed by atoms with E-state index in [4.69, 9.17) is 0 Å². The largest absolute Gasteiger partial charge is 0.361 e. The van der Waals surface area contributed by atoms with Crippen molar-refractivity contribution >= 4 is 22.5 Å². The van der Waals surface area contributed by atoms with Gasteiger partial charge in [-0.2, -0.15) is 0 Å². The van der Waals surface area contributed by atoms with Crippen molar-refractivity contribution < 1.29 is 4.79 Å². The number of benzene rings is 2. The van der Waals surface area contributed by atoms with Crippen LogP contribution in [-0.2, 0) is 17.8 Å². The number of rotatable bonds is 6. The van der Waals surface area contributed by atoms with Crippen LogP contribution < -0.4 is 5.32 Å². The van der Waals surface area contributed by atoms with Gasteiger partial charge in [0.25, 0.3) is 0 Å². The molecule has 0 bridgehead atoms. The Morgan fingerprint density at radius 2 is 1.97 bits per heavy atom. The summed E-state index contributed by atoms with van der Waals surface area (Å²) in [5.74, 6) is -0.0430. The zero-order valence-electron chi connectivity index (χ0n) is 17.6. The van der Waals surface area contributed by atoms with E-state index in [-0.39, 0.29) is 5.91 Å². The maximum atomic E-state index is 11.2. The van der Waals surface area contributed by atoms with Crippen molar-refractivity contribution in [1.82, 2.24) is 24.6 Å². The molecule has 7 nitrogen and oxygen atoms in total. The van der Waals surface area contributed by atoms with E-state index in [1.165, 1.54) is 36.3 Å². The molecule has 7 heteroatoms. The van der Waals surface area contributed by atoms with Gasteiger partial charge in [0.2, 0.25) is 5.91 Å². The number of anilines is 1. The summed E-state index contributed by atoms with van der Waals surface area (Å²) in [5, 5.41) is 11.9. The van der Waals surface area contributed by atoms with Gasteiger partial charge in [-0.3, -0.25) is 14.3 Å². The van der Waals surface area contributed by atoms with Gasteiger partial charge in [0.05, 0.1) is 0 Å². The van der Waals surface area contributed by atoms with Crippen LogP contribution in [0.5, 0.6) is 0 Å². The smallest absolute Gasteiger partial charge is 0.221 e. The van der Waals surface area contributed by atoms with Crippen LogP contribution in [0.15, 0.2) is 61.3 Å². The molecule has 0 unspecified atom stereocenters. The van der Waals surface area contributed by atoms with Crippen LogP contribution in [0.4, 0.5) is 5.69 Å². The Labute approximate surface area is 181 Å². The van der Waals surface area contributed by atoms with E-state index in [0.29, 0.717) is 6.04 Å². The van der Waals surface area contributed by atoms with Crippen LogP contribution in [0.2, 0.25) is 0 Å². The summed E-state index contributed by atoms with van der Waals surface area (Å²) < 4.78 is 1.93. The quantitative estimate of drug-likeness (QED) is 0.501. The van der Waals surface area contributed by atoms with Crippen molar-refractivity contribution in [3.8, 4) is 5.69 Å². The van der Waals surface area contributed by atoms with E-state index in [2.05, 4.69) is 61.9 Å². The molecule has 2 aromatic carbocycles. The Bertz CT molecular complexity index is 1180. The minimum atomic E-state index is -0.0430. The number of nitrogens with zero attached hydrogens (tertiary/aromatic N) is 4. The average Bonchev–Trinajstić information content (AvgIpc) is 3.52. The summed E-state index contributed by atoms with van der Waals surface area (Å²) in [6.45, 7) is 3.58. The first-order valence-electron chi connectivity index (χ1n) is 10.7. The number of carbonyl (C=O) groups excluding carboxylic acids is 1. The summed E-state index contributed by atoms with van der Waals surface area (Å²) in [6.07, 6.45) is 9.06. The van der Waals surface area contributed by atoms with Gasteiger partial charge < -0.3 is 10.3 Å². The molecule has 1 fully saturated rings. The standard InChI is InChI=1S/C24H26N6O/c1-17(31)28-20-6-4-18(5-7-20)14-29-10-2-3-21(29)11-19-13-25-24-9-8-22(12-23(19)24)30-15-26-27-16-30/h4-9,12-13,15-16,21,25H,2-3,10-11,14H2,1H3,(H,28,31)/t21-/m1/s1. The van der Waals surface area contributed by atoms with Gasteiger partial charge in [-0.15, -0.1) is 10.2 Å². The predicted molar refractivity (Wildman–Crippen MR) is 121 cm³/mol. The number of amides is 1. The Hall–Kier alpha value is -3.45. The van der Waals surface area contributed by atoms with Crippen LogP contribution in [0.1, 0.15) is 30.9 Å². The second kappa shape index (κ2) is 8.35. The number of H-pyrrole nitrogens is 1. The van der Waals surface area contributed by atoms with Crippen LogP contribution in [0.25, 0.3) is 16.6 Å². The van der Waals surface area contributed by atoms with Crippen molar-refractivity contribution in [3.05, 3.63) is 72.4 Å². The van der Waals surface area contributed by atoms with Gasteiger partial charge >= 0.3 is 0 Å². The van der Waals surface area contributed by atoms with Gasteiger partial charge in [0.1, 0.15) is 12.7 Å². The number of aromatic nitrogens is 4. The fourth-order valence-corrected chi connectivity index (χ4v) is 4.55. The highest BCUT2D eigenvalue weighted by Crippen LogP contribution is 2.28. The molecule has 4 aromatic rings. The molecule has 158 valence electrons. The lowest BCUT2D eigenvalue weighted by Gasteiger charge is -2.24. The lowest BCUT2D eigenvalue weighted by atomic mass is 10.0. The van der Waals surface area contributed by atoms with E-state index < -0.39 is 0 Å². The van der Waals surface area contributed by atoms with E-state index in [9.17, 15) is 4.79 Å². The minimum Gasteiger partial charge on any atom is -0.361 e. The lowest BCUT2D eigenvalue weighted by Crippen LogP contribution is -2.30. The van der Waals surface area contributed by atoms with Crippen molar-refractivity contribution in [3.63, 3.8) is 0 Å². The zero-order valence-corrected chi connectivity index (χ0v) is 17.6. The molecule has 2 N–H and O–H groups in total. The fraction of sp³-hybridized carbons (Fsp3) is 0.292. The normalized spacial score (nSPS) is 16.7. The summed E-state index contributed by atoms with van der Waals surface area (Å²) in [4.78, 5) is 17.2. The molecular weight excluding hydrogens is 388 g/mol. The number of hydrogen-bond acceptors (Lipinski definition) is 4. The number of nitrogens with one attached hydrogen (secondary N) is 2. The Balaban J connectivity index is 1.32. The molecule has 2 aromatic heterocycles. The second-order valence-electron chi connectivity index (χ2n) is 8.26. The van der Waals surface area contributed by atoms with Crippen molar-refractivity contribution in [1.29, 1.82) is 0 Å². The molecule has 5 rings (SSSR count). The Kier molecular flexibility index (Phi) is 5.26. The molecule has 31 heavy (non-hydrogen) atoms. The highest BCUT2D eigenvalue weighted by Gasteiger charge is 2.25. The van der Waals surface area contributed by atoms with Crippen molar-refractivity contribution in [2.75, 3.05) is 11.9 Å². The van der Waals surface area contributed by atoms with Gasteiger partial charge in [-0.1, -0.05) is 12.1 Å². The number of likely N-dealkylation sites (tertiary alicyclic amines) is 1. The van der Waals surface area contributed by atoms with E-state index in [1.807, 2.05) is 16.7 Å². The number of fused-ring (bicyclic) bond motifs is 1. The monoisotopic (exact) mass is 414 g/mol. The molecule has 1 saturated heterocycles. The maximum absolute atomic E-state index is 11.2. The highest BCUT2D eigenvalue weighted by atomic mass is 16.1. The third kappa shape index (κ3) is 4.22. The third-order valence-electron chi connectivity index (χ3n) is 6.08. The summed E-state index contributed by atoms with van der Waals surface area (Å²) in [6, 6.07) is 15.1. The molecule has 1 aliphatic heterocycles. The molecule has 0 saturated carbocycles. The predicted octanol–water partition coefficient (Wildman–Crippen LogP) is 3.91. The molecule has 1 aliphatic rings. The summed E-state index contributed by atoms with van der Waals surface area (Å²) >= 11 is 0. The van der Waals surface area contributed by atoms with Crippen molar-refractivity contribution in [2.45, 2.75) is 38.8 Å². The molecule has 0 spiro atoms. The van der Waals surface area contributed by atoms with Crippen LogP contribution in [0.3, 0.4) is 0 Å². The van der Waals surface area contributed by atoms with Gasteiger partial charge in [-0.05, 0) is 67.3 Å². The highest BCUT2D eigenvalue weighted by molar-refractivity contribution is 5.88. The van der Waals surface area contributed by atoms with E-state index in [0.717, 1.165) is 36.4 Å². The molecular formula is C24H26N6O. The van der Waals surface area contributed by atoms with Crippen LogP contribution in [-0.4, -0.2) is 43.1 Å². The van der Waals surface area contributed by atoms with Gasteiger partial charge in [0.15, 0.2) is 0 Å². The van der Waals surface area contributed by atoms with E-state index in [1.54, 1.807) is 12.7 Å². The topological polar surface area (TPSA) is 78.8 Å². The molecule has 0 aliphatic carbocycles. The Morgan fingerprint density at radius 1 is 1.16 bits per heavy atom. The lowest BCUT2D eigenvalue weighted by molar-refractivity contribution is -0.114. The second-order valence-corrected chi connectivity index (χ2v) is 8.26. The number of aromatic amines is 1. The van der Waals surface area contributed by atoms with Crippen molar-refractivity contribution in [2.24, 2.45) is 0 Å².